The molecule has 0 aliphatic carbocycles. The van der Waals surface area contributed by atoms with E-state index < -0.39 is 5.54 Å². The van der Waals surface area contributed by atoms with E-state index in [1.54, 1.807) is 0 Å². The smallest absolute Gasteiger partial charge is 0.157 e. The van der Waals surface area contributed by atoms with E-state index in [2.05, 4.69) is 5.32 Å². The Labute approximate surface area is 84.3 Å². The lowest BCUT2D eigenvalue weighted by Crippen LogP contribution is -2.50. The van der Waals surface area contributed by atoms with Crippen molar-refractivity contribution in [2.24, 2.45) is 0 Å². The molecule has 0 aromatic heterocycles. The molecular formula is C12H15NO. The van der Waals surface area contributed by atoms with E-state index in [1.165, 1.54) is 0 Å². The van der Waals surface area contributed by atoms with Gasteiger partial charge in [0.1, 0.15) is 5.54 Å². The van der Waals surface area contributed by atoms with Crippen LogP contribution in [-0.2, 0) is 10.3 Å². The van der Waals surface area contributed by atoms with Gasteiger partial charge in [0.05, 0.1) is 0 Å². The molecule has 14 heavy (non-hydrogen) atoms. The van der Waals surface area contributed by atoms with Crippen LogP contribution in [0, 0.1) is 0 Å². The molecule has 2 heteroatoms. The van der Waals surface area contributed by atoms with Crippen LogP contribution in [0.3, 0.4) is 0 Å². The van der Waals surface area contributed by atoms with Crippen LogP contribution >= 0.6 is 0 Å². The minimum atomic E-state index is -0.459. The van der Waals surface area contributed by atoms with E-state index in [-0.39, 0.29) is 0 Å². The van der Waals surface area contributed by atoms with Gasteiger partial charge in [0, 0.05) is 6.42 Å². The summed E-state index contributed by atoms with van der Waals surface area (Å²) in [4.78, 5) is 11.9. The van der Waals surface area contributed by atoms with Gasteiger partial charge in [-0.1, -0.05) is 30.3 Å². The molecule has 0 radical (unpaired) electrons. The lowest BCUT2D eigenvalue weighted by molar-refractivity contribution is -0.126. The Morgan fingerprint density at radius 1 is 1.29 bits per heavy atom. The molecule has 1 N–H and O–H groups in total. The Morgan fingerprint density at radius 3 is 2.64 bits per heavy atom. The standard InChI is InChI=1S/C12H15NO/c1-12(10-6-3-2-4-7-10)11(14)8-5-9-13-12/h2-4,6-7,13H,5,8-9H2,1H3. The minimum absolute atomic E-state index is 0.301. The summed E-state index contributed by atoms with van der Waals surface area (Å²) < 4.78 is 0. The van der Waals surface area contributed by atoms with Gasteiger partial charge in [-0.3, -0.25) is 4.79 Å². The van der Waals surface area contributed by atoms with E-state index in [1.807, 2.05) is 37.3 Å². The summed E-state index contributed by atoms with van der Waals surface area (Å²) in [6.07, 6.45) is 1.65. The van der Waals surface area contributed by atoms with Crippen molar-refractivity contribution >= 4 is 5.78 Å². The predicted molar refractivity (Wildman–Crippen MR) is 56.0 cm³/mol. The second kappa shape index (κ2) is 3.54. The van der Waals surface area contributed by atoms with Gasteiger partial charge in [-0.15, -0.1) is 0 Å². The number of ketones is 1. The van der Waals surface area contributed by atoms with E-state index >= 15 is 0 Å². The Kier molecular flexibility index (Phi) is 2.38. The van der Waals surface area contributed by atoms with Crippen molar-refractivity contribution in [2.75, 3.05) is 6.54 Å². The fraction of sp³-hybridized carbons (Fsp3) is 0.417. The second-order valence-corrected chi connectivity index (χ2v) is 3.94. The second-order valence-electron chi connectivity index (χ2n) is 3.94. The number of piperidine rings is 1. The van der Waals surface area contributed by atoms with Crippen LogP contribution < -0.4 is 5.32 Å². The van der Waals surface area contributed by atoms with Crippen LogP contribution in [0.5, 0.6) is 0 Å². The van der Waals surface area contributed by atoms with Gasteiger partial charge in [0.2, 0.25) is 0 Å². The average Bonchev–Trinajstić information content (AvgIpc) is 2.24. The summed E-state index contributed by atoms with van der Waals surface area (Å²) in [5.41, 5.74) is 0.615. The molecule has 0 spiro atoms. The third kappa shape index (κ3) is 1.46. The van der Waals surface area contributed by atoms with Crippen molar-refractivity contribution in [1.82, 2.24) is 5.32 Å². The minimum Gasteiger partial charge on any atom is -0.301 e. The molecule has 2 nitrogen and oxygen atoms in total. The highest BCUT2D eigenvalue weighted by atomic mass is 16.1. The molecule has 74 valence electrons. The van der Waals surface area contributed by atoms with Crippen LogP contribution in [0.15, 0.2) is 30.3 Å². The van der Waals surface area contributed by atoms with Crippen molar-refractivity contribution in [3.8, 4) is 0 Å². The number of carbonyl (C=O) groups is 1. The maximum absolute atomic E-state index is 11.9. The van der Waals surface area contributed by atoms with Gasteiger partial charge in [0.15, 0.2) is 5.78 Å². The molecule has 1 fully saturated rings. The molecule has 0 bridgehead atoms. The first-order valence-electron chi connectivity index (χ1n) is 5.07. The number of nitrogens with one attached hydrogen (secondary N) is 1. The monoisotopic (exact) mass is 189 g/mol. The van der Waals surface area contributed by atoms with Gasteiger partial charge in [-0.2, -0.15) is 0 Å². The maximum Gasteiger partial charge on any atom is 0.157 e. The highest BCUT2D eigenvalue weighted by Crippen LogP contribution is 2.26. The number of Topliss-reactive ketones (excluding diaryl/α,β-unsaturated/α-hetero) is 1. The van der Waals surface area contributed by atoms with Crippen molar-refractivity contribution in [2.45, 2.75) is 25.3 Å². The number of carbonyl (C=O) groups excluding carboxylic acids is 1. The first kappa shape index (κ1) is 9.41. The van der Waals surface area contributed by atoms with Gasteiger partial charge < -0.3 is 5.32 Å². The molecule has 1 atom stereocenters. The summed E-state index contributed by atoms with van der Waals surface area (Å²) >= 11 is 0. The Morgan fingerprint density at radius 2 is 2.00 bits per heavy atom. The fourth-order valence-corrected chi connectivity index (χ4v) is 1.97. The van der Waals surface area contributed by atoms with Crippen molar-refractivity contribution in [3.05, 3.63) is 35.9 Å². The predicted octanol–water partition coefficient (Wildman–Crippen LogP) is 1.85. The summed E-state index contributed by atoms with van der Waals surface area (Å²) in [6, 6.07) is 9.95. The molecule has 1 aromatic carbocycles. The molecule has 1 aromatic rings. The SMILES string of the molecule is CC1(c2ccccc2)NCCCC1=O. The molecule has 1 heterocycles. The molecule has 0 saturated carbocycles. The zero-order valence-electron chi connectivity index (χ0n) is 8.42. The summed E-state index contributed by atoms with van der Waals surface area (Å²) in [6.45, 7) is 2.90. The number of hydrogen-bond donors (Lipinski definition) is 1. The van der Waals surface area contributed by atoms with E-state index in [4.69, 9.17) is 0 Å². The quantitative estimate of drug-likeness (QED) is 0.730. The normalized spacial score (nSPS) is 27.6. The largest absolute Gasteiger partial charge is 0.301 e. The van der Waals surface area contributed by atoms with Gasteiger partial charge in [0.25, 0.3) is 0 Å². The topological polar surface area (TPSA) is 29.1 Å². The first-order valence-corrected chi connectivity index (χ1v) is 5.07. The average molecular weight is 189 g/mol. The molecule has 1 saturated heterocycles. The zero-order valence-corrected chi connectivity index (χ0v) is 8.42. The van der Waals surface area contributed by atoms with E-state index in [9.17, 15) is 4.79 Å². The number of benzene rings is 1. The molecule has 1 unspecified atom stereocenters. The summed E-state index contributed by atoms with van der Waals surface area (Å²) in [5, 5.41) is 3.31. The van der Waals surface area contributed by atoms with Crippen LogP contribution in [0.2, 0.25) is 0 Å². The van der Waals surface area contributed by atoms with E-state index in [0.29, 0.717) is 12.2 Å². The molecule has 0 amide bonds. The van der Waals surface area contributed by atoms with Crippen LogP contribution in [0.4, 0.5) is 0 Å². The van der Waals surface area contributed by atoms with Crippen LogP contribution in [0.25, 0.3) is 0 Å². The fourth-order valence-electron chi connectivity index (χ4n) is 1.97. The highest BCUT2D eigenvalue weighted by molar-refractivity contribution is 5.89. The molecule has 1 aliphatic heterocycles. The molecular weight excluding hydrogens is 174 g/mol. The maximum atomic E-state index is 11.9. The van der Waals surface area contributed by atoms with Crippen LogP contribution in [-0.4, -0.2) is 12.3 Å². The molecule has 1 aliphatic rings. The van der Waals surface area contributed by atoms with E-state index in [0.717, 1.165) is 18.5 Å². The van der Waals surface area contributed by atoms with Gasteiger partial charge >= 0.3 is 0 Å². The van der Waals surface area contributed by atoms with Crippen LogP contribution in [0.1, 0.15) is 25.3 Å². The van der Waals surface area contributed by atoms with Crippen molar-refractivity contribution < 1.29 is 4.79 Å². The van der Waals surface area contributed by atoms with Crippen molar-refractivity contribution in [3.63, 3.8) is 0 Å². The lowest BCUT2D eigenvalue weighted by atomic mass is 9.83. The van der Waals surface area contributed by atoms with Crippen molar-refractivity contribution in [1.29, 1.82) is 0 Å². The number of hydrogen-bond acceptors (Lipinski definition) is 2. The van der Waals surface area contributed by atoms with Gasteiger partial charge in [-0.05, 0) is 25.5 Å². The number of rotatable bonds is 1. The third-order valence-electron chi connectivity index (χ3n) is 2.97. The lowest BCUT2D eigenvalue weighted by Gasteiger charge is -2.33. The Hall–Kier alpha value is -1.15. The highest BCUT2D eigenvalue weighted by Gasteiger charge is 2.35. The third-order valence-corrected chi connectivity index (χ3v) is 2.97. The Balaban J connectivity index is 2.35. The summed E-state index contributed by atoms with van der Waals surface area (Å²) in [5.74, 6) is 0.301. The first-order chi connectivity index (χ1) is 6.73. The zero-order chi connectivity index (χ0) is 10.0. The Bertz CT molecular complexity index is 333. The summed E-state index contributed by atoms with van der Waals surface area (Å²) in [7, 11) is 0. The van der Waals surface area contributed by atoms with Gasteiger partial charge in [-0.25, -0.2) is 0 Å². The molecule has 2 rings (SSSR count).